The van der Waals surface area contributed by atoms with Crippen LogP contribution in [0.1, 0.15) is 44.1 Å². The van der Waals surface area contributed by atoms with E-state index in [2.05, 4.69) is 34.9 Å². The van der Waals surface area contributed by atoms with Gasteiger partial charge in [-0.15, -0.1) is 0 Å². The van der Waals surface area contributed by atoms with Crippen LogP contribution in [0, 0.1) is 12.8 Å². The highest BCUT2D eigenvalue weighted by atomic mass is 35.5. The van der Waals surface area contributed by atoms with Crippen molar-refractivity contribution in [2.45, 2.75) is 45.4 Å². The van der Waals surface area contributed by atoms with Crippen molar-refractivity contribution in [3.8, 4) is 0 Å². The highest BCUT2D eigenvalue weighted by molar-refractivity contribution is 6.34. The van der Waals surface area contributed by atoms with E-state index in [-0.39, 0.29) is 0 Å². The predicted molar refractivity (Wildman–Crippen MR) is 96.0 cm³/mol. The molecule has 1 aliphatic heterocycles. The number of rotatable bonds is 4. The maximum Gasteiger partial charge on any atom is 0.0668 e. The van der Waals surface area contributed by atoms with Gasteiger partial charge in [0.25, 0.3) is 0 Å². The van der Waals surface area contributed by atoms with Crippen molar-refractivity contribution in [2.24, 2.45) is 5.92 Å². The summed E-state index contributed by atoms with van der Waals surface area (Å²) in [6.07, 6.45) is 8.74. The van der Waals surface area contributed by atoms with E-state index in [9.17, 15) is 0 Å². The molecule has 0 radical (unpaired) electrons. The average Bonchev–Trinajstić information content (AvgIpc) is 2.57. The molecule has 0 unspecified atom stereocenters. The van der Waals surface area contributed by atoms with Gasteiger partial charge in [0, 0.05) is 26.2 Å². The van der Waals surface area contributed by atoms with Crippen LogP contribution in [0.15, 0.2) is 18.2 Å². The van der Waals surface area contributed by atoms with E-state index in [1.807, 2.05) is 0 Å². The number of piperazine rings is 1. The third kappa shape index (κ3) is 3.97. The summed E-state index contributed by atoms with van der Waals surface area (Å²) in [6.45, 7) is 7.95. The summed E-state index contributed by atoms with van der Waals surface area (Å²) in [6, 6.07) is 6.37. The zero-order valence-corrected chi connectivity index (χ0v) is 14.6. The second-order valence-electron chi connectivity index (χ2n) is 7.03. The van der Waals surface area contributed by atoms with Crippen LogP contribution < -0.4 is 4.90 Å². The van der Waals surface area contributed by atoms with Gasteiger partial charge in [0.05, 0.1) is 10.7 Å². The number of hydrogen-bond donors (Lipinski definition) is 0. The fourth-order valence-corrected chi connectivity index (χ4v) is 4.18. The second kappa shape index (κ2) is 7.70. The van der Waals surface area contributed by atoms with Gasteiger partial charge in [-0.1, -0.05) is 55.8 Å². The highest BCUT2D eigenvalue weighted by Gasteiger charge is 2.20. The van der Waals surface area contributed by atoms with Gasteiger partial charge in [-0.2, -0.15) is 0 Å². The van der Waals surface area contributed by atoms with Crippen LogP contribution in [0.5, 0.6) is 0 Å². The fraction of sp³-hybridized carbons (Fsp3) is 0.684. The number of aryl methyl sites for hydroxylation is 1. The predicted octanol–water partition coefficient (Wildman–Crippen LogP) is 4.74. The van der Waals surface area contributed by atoms with Gasteiger partial charge >= 0.3 is 0 Å². The van der Waals surface area contributed by atoms with Crippen molar-refractivity contribution < 1.29 is 0 Å². The Hall–Kier alpha value is -0.730. The summed E-state index contributed by atoms with van der Waals surface area (Å²) in [7, 11) is 0. The molecule has 1 saturated carbocycles. The molecule has 1 heterocycles. The number of nitrogens with zero attached hydrogens (tertiary/aromatic N) is 2. The van der Waals surface area contributed by atoms with Crippen LogP contribution in [-0.2, 0) is 0 Å². The molecule has 2 aliphatic rings. The van der Waals surface area contributed by atoms with E-state index >= 15 is 0 Å². The molecule has 22 heavy (non-hydrogen) atoms. The summed E-state index contributed by atoms with van der Waals surface area (Å²) in [5.41, 5.74) is 2.40. The minimum absolute atomic E-state index is 0.929. The average molecular weight is 321 g/mol. The summed E-state index contributed by atoms with van der Waals surface area (Å²) in [4.78, 5) is 5.10. The Morgan fingerprint density at radius 3 is 2.50 bits per heavy atom. The molecular formula is C19H29ClN2. The molecule has 0 atom stereocenters. The summed E-state index contributed by atoms with van der Waals surface area (Å²) >= 11 is 6.47. The minimum Gasteiger partial charge on any atom is -0.368 e. The topological polar surface area (TPSA) is 6.48 Å². The molecule has 3 rings (SSSR count). The molecule has 2 nitrogen and oxygen atoms in total. The van der Waals surface area contributed by atoms with Gasteiger partial charge in [0.1, 0.15) is 0 Å². The molecule has 1 aromatic rings. The SMILES string of the molecule is Cc1cccc(N2CCN(CCC3CCCCC3)CC2)c1Cl. The standard InChI is InChI=1S/C19H29ClN2/c1-16-6-5-9-18(19(16)20)22-14-12-21(13-15-22)11-10-17-7-3-2-4-8-17/h5-6,9,17H,2-4,7-8,10-15H2,1H3. The van der Waals surface area contributed by atoms with Crippen molar-refractivity contribution >= 4 is 17.3 Å². The first-order valence-corrected chi connectivity index (χ1v) is 9.34. The van der Waals surface area contributed by atoms with E-state index < -0.39 is 0 Å². The van der Waals surface area contributed by atoms with Gasteiger partial charge < -0.3 is 4.90 Å². The quantitative estimate of drug-likeness (QED) is 0.790. The Morgan fingerprint density at radius 2 is 1.77 bits per heavy atom. The third-order valence-corrected chi connectivity index (χ3v) is 5.95. The van der Waals surface area contributed by atoms with Crippen LogP contribution in [0.2, 0.25) is 5.02 Å². The van der Waals surface area contributed by atoms with Crippen LogP contribution in [0.4, 0.5) is 5.69 Å². The first kappa shape index (κ1) is 16.1. The molecule has 1 aliphatic carbocycles. The maximum absolute atomic E-state index is 6.47. The Morgan fingerprint density at radius 1 is 1.05 bits per heavy atom. The molecule has 1 aromatic carbocycles. The zero-order chi connectivity index (χ0) is 15.4. The van der Waals surface area contributed by atoms with Crippen molar-refractivity contribution in [3.05, 3.63) is 28.8 Å². The molecule has 0 N–H and O–H groups in total. The lowest BCUT2D eigenvalue weighted by atomic mass is 9.87. The van der Waals surface area contributed by atoms with Crippen molar-refractivity contribution in [1.29, 1.82) is 0 Å². The van der Waals surface area contributed by atoms with E-state index in [1.165, 1.54) is 69.4 Å². The Balaban J connectivity index is 1.47. The van der Waals surface area contributed by atoms with Crippen molar-refractivity contribution in [3.63, 3.8) is 0 Å². The fourth-order valence-electron chi connectivity index (χ4n) is 3.93. The van der Waals surface area contributed by atoms with Crippen LogP contribution in [0.3, 0.4) is 0 Å². The summed E-state index contributed by atoms with van der Waals surface area (Å²) < 4.78 is 0. The van der Waals surface area contributed by atoms with Crippen molar-refractivity contribution in [2.75, 3.05) is 37.6 Å². The summed E-state index contributed by atoms with van der Waals surface area (Å²) in [5, 5.41) is 0.929. The highest BCUT2D eigenvalue weighted by Crippen LogP contribution is 2.30. The van der Waals surface area contributed by atoms with Gasteiger partial charge in [0.2, 0.25) is 0 Å². The van der Waals surface area contributed by atoms with Crippen LogP contribution in [0.25, 0.3) is 0 Å². The van der Waals surface area contributed by atoms with Gasteiger partial charge in [-0.3, -0.25) is 4.90 Å². The van der Waals surface area contributed by atoms with E-state index in [1.54, 1.807) is 0 Å². The molecule has 2 fully saturated rings. The Bertz CT molecular complexity index is 474. The lowest BCUT2D eigenvalue weighted by Gasteiger charge is -2.37. The number of hydrogen-bond acceptors (Lipinski definition) is 2. The molecule has 122 valence electrons. The molecule has 3 heteroatoms. The molecule has 1 saturated heterocycles. The van der Waals surface area contributed by atoms with Gasteiger partial charge in [-0.05, 0) is 37.4 Å². The lowest BCUT2D eigenvalue weighted by molar-refractivity contribution is 0.221. The zero-order valence-electron chi connectivity index (χ0n) is 13.9. The smallest absolute Gasteiger partial charge is 0.0668 e. The van der Waals surface area contributed by atoms with Crippen LogP contribution >= 0.6 is 11.6 Å². The Labute approximate surface area is 140 Å². The largest absolute Gasteiger partial charge is 0.368 e. The number of benzene rings is 1. The number of halogens is 1. The summed E-state index contributed by atoms with van der Waals surface area (Å²) in [5.74, 6) is 0.998. The monoisotopic (exact) mass is 320 g/mol. The minimum atomic E-state index is 0.929. The molecular weight excluding hydrogens is 292 g/mol. The normalized spacial score (nSPS) is 21.3. The third-order valence-electron chi connectivity index (χ3n) is 5.46. The molecule has 0 amide bonds. The van der Waals surface area contributed by atoms with E-state index in [0.29, 0.717) is 0 Å². The van der Waals surface area contributed by atoms with E-state index in [4.69, 9.17) is 11.6 Å². The van der Waals surface area contributed by atoms with Crippen LogP contribution in [-0.4, -0.2) is 37.6 Å². The Kier molecular flexibility index (Phi) is 5.65. The molecule has 0 aromatic heterocycles. The van der Waals surface area contributed by atoms with Crippen molar-refractivity contribution in [1.82, 2.24) is 4.90 Å². The first-order valence-electron chi connectivity index (χ1n) is 8.96. The van der Waals surface area contributed by atoms with Gasteiger partial charge in [0.15, 0.2) is 0 Å². The van der Waals surface area contributed by atoms with Gasteiger partial charge in [-0.25, -0.2) is 0 Å². The van der Waals surface area contributed by atoms with E-state index in [0.717, 1.165) is 24.0 Å². The molecule has 0 spiro atoms. The maximum atomic E-state index is 6.47. The first-order chi connectivity index (χ1) is 10.7. The molecule has 0 bridgehead atoms. The number of anilines is 1. The lowest BCUT2D eigenvalue weighted by Crippen LogP contribution is -2.47. The second-order valence-corrected chi connectivity index (χ2v) is 7.41.